The maximum Gasteiger partial charge on any atom is 0.255 e. The number of benzene rings is 6. The van der Waals surface area contributed by atoms with Crippen molar-refractivity contribution in [2.24, 2.45) is 0 Å². The van der Waals surface area contributed by atoms with E-state index in [0.717, 1.165) is 151 Å². The first-order valence-corrected chi connectivity index (χ1v) is 33.5. The summed E-state index contributed by atoms with van der Waals surface area (Å²) in [6, 6.07) is 53.3. The highest BCUT2D eigenvalue weighted by Crippen LogP contribution is 2.34. The summed E-state index contributed by atoms with van der Waals surface area (Å²) in [6.07, 6.45) is 11.1. The summed E-state index contributed by atoms with van der Waals surface area (Å²) in [5.41, 5.74) is 12.2. The molecule has 6 aromatic heterocycles. The average molecular weight is 1230 g/mol. The zero-order valence-corrected chi connectivity index (χ0v) is 57.4. The topological polar surface area (TPSA) is 109 Å². The Balaban J connectivity index is 0.000000209. The minimum absolute atomic E-state index is 0.0567. The first-order valence-electron chi connectivity index (χ1n) is 33.5. The summed E-state index contributed by atoms with van der Waals surface area (Å²) < 4.78 is 3.66. The van der Waals surface area contributed by atoms with Gasteiger partial charge < -0.3 is 9.80 Å². The summed E-state index contributed by atoms with van der Waals surface area (Å²) in [6.45, 7) is 41.8. The maximum atomic E-state index is 13.4. The SMILES string of the molecule is CC.CC.CC.CC.CC.CC(C)(C)N1CCN(c2ccc(-n3c(=O)ccc4cnc5ccc(-c6ccc7ccncc7c6)cc5c43)cc2)CC1.CC(C)(C)N1CCN(c2ccc(-n3c(=O)ccc4cnc5ccc(-c6ccc7ccncc7c6)cc5c43)cc2)CC1. The van der Waals surface area contributed by atoms with E-state index in [1.807, 2.05) is 152 Å². The lowest BCUT2D eigenvalue weighted by Gasteiger charge is -2.43. The number of nitrogens with zero attached hydrogens (tertiary/aromatic N) is 10. The molecule has 12 aromatic rings. The number of aromatic nitrogens is 6. The Kier molecular flexibility index (Phi) is 23.4. The predicted molar refractivity (Wildman–Crippen MR) is 395 cm³/mol. The number of hydrogen-bond donors (Lipinski definition) is 0. The van der Waals surface area contributed by atoms with E-state index in [1.165, 1.54) is 11.4 Å². The second kappa shape index (κ2) is 31.3. The van der Waals surface area contributed by atoms with Crippen LogP contribution >= 0.6 is 0 Å². The Bertz CT molecular complexity index is 4220. The van der Waals surface area contributed by atoms with Crippen LogP contribution < -0.4 is 20.9 Å². The third-order valence-electron chi connectivity index (χ3n) is 16.8. The van der Waals surface area contributed by atoms with Gasteiger partial charge in [0.2, 0.25) is 0 Å². The second-order valence-corrected chi connectivity index (χ2v) is 23.8. The van der Waals surface area contributed by atoms with Crippen LogP contribution in [0.2, 0.25) is 0 Å². The van der Waals surface area contributed by atoms with Crippen molar-refractivity contribution in [1.82, 2.24) is 38.9 Å². The summed E-state index contributed by atoms with van der Waals surface area (Å²) >= 11 is 0. The molecule has 0 spiro atoms. The molecule has 0 saturated carbocycles. The molecule has 0 unspecified atom stereocenters. The van der Waals surface area contributed by atoms with E-state index in [9.17, 15) is 9.59 Å². The molecule has 0 N–H and O–H groups in total. The van der Waals surface area contributed by atoms with Gasteiger partial charge in [0.15, 0.2) is 0 Å². The van der Waals surface area contributed by atoms with Crippen LogP contribution in [-0.4, -0.2) is 102 Å². The van der Waals surface area contributed by atoms with Crippen LogP contribution in [0.5, 0.6) is 0 Å². The Morgan fingerprint density at radius 2 is 0.630 bits per heavy atom. The number of pyridine rings is 6. The molecule has 14 rings (SSSR count). The van der Waals surface area contributed by atoms with Crippen molar-refractivity contribution >= 4 is 76.5 Å². The van der Waals surface area contributed by atoms with Crippen molar-refractivity contribution in [1.29, 1.82) is 0 Å². The van der Waals surface area contributed by atoms with E-state index >= 15 is 0 Å². The molecule has 2 fully saturated rings. The van der Waals surface area contributed by atoms with E-state index in [4.69, 9.17) is 9.97 Å². The van der Waals surface area contributed by atoms with Gasteiger partial charge in [-0.1, -0.05) is 106 Å². The zero-order chi connectivity index (χ0) is 66.3. The van der Waals surface area contributed by atoms with Gasteiger partial charge in [-0.2, -0.15) is 0 Å². The minimum Gasteiger partial charge on any atom is -0.369 e. The smallest absolute Gasteiger partial charge is 0.255 e. The third kappa shape index (κ3) is 15.1. The van der Waals surface area contributed by atoms with Crippen LogP contribution in [0.25, 0.3) is 98.8 Å². The standard InChI is InChI=1S/2C35H33N5O.5C2H6/c2*1-35(2,3)39-18-16-38(17-19-39)29-8-10-30(11-9-29)40-33(41)13-7-27-23-37-32-12-6-26(21-31(32)34(27)40)25-5-4-24-14-15-36-22-28(24)20-25;5*1-2/h2*4-15,20-23H,16-19H2,1-3H3;5*1-2H3. The quantitative estimate of drug-likeness (QED) is 0.149. The van der Waals surface area contributed by atoms with Gasteiger partial charge in [0.05, 0.1) is 22.1 Å². The molecule has 478 valence electrons. The molecule has 0 amide bonds. The number of fused-ring (bicyclic) bond motifs is 8. The van der Waals surface area contributed by atoms with E-state index in [0.29, 0.717) is 0 Å². The van der Waals surface area contributed by atoms with Gasteiger partial charge in [-0.25, -0.2) is 0 Å². The molecule has 92 heavy (non-hydrogen) atoms. The monoisotopic (exact) mass is 1230 g/mol. The summed E-state index contributed by atoms with van der Waals surface area (Å²) in [4.78, 5) is 54.8. The molecule has 2 aliphatic heterocycles. The molecule has 0 atom stereocenters. The molecule has 0 aliphatic carbocycles. The molecular formula is C80H96N10O2. The lowest BCUT2D eigenvalue weighted by Crippen LogP contribution is -2.53. The predicted octanol–water partition coefficient (Wildman–Crippen LogP) is 18.5. The number of hydrogen-bond acceptors (Lipinski definition) is 10. The maximum absolute atomic E-state index is 13.4. The van der Waals surface area contributed by atoms with Crippen LogP contribution in [0.3, 0.4) is 0 Å². The van der Waals surface area contributed by atoms with Gasteiger partial charge in [-0.15, -0.1) is 0 Å². The molecule has 6 aromatic carbocycles. The van der Waals surface area contributed by atoms with Crippen molar-refractivity contribution in [3.63, 3.8) is 0 Å². The fourth-order valence-electron chi connectivity index (χ4n) is 12.1. The van der Waals surface area contributed by atoms with Gasteiger partial charge in [-0.3, -0.25) is 48.5 Å². The van der Waals surface area contributed by atoms with Crippen LogP contribution in [0.15, 0.2) is 204 Å². The van der Waals surface area contributed by atoms with E-state index < -0.39 is 0 Å². The molecule has 2 aliphatic rings. The molecule has 12 heteroatoms. The normalized spacial score (nSPS) is 13.5. The van der Waals surface area contributed by atoms with Crippen LogP contribution in [0.4, 0.5) is 11.4 Å². The molecule has 12 nitrogen and oxygen atoms in total. The van der Waals surface area contributed by atoms with Gasteiger partial charge >= 0.3 is 0 Å². The molecular weight excluding hydrogens is 1130 g/mol. The largest absolute Gasteiger partial charge is 0.369 e. The third-order valence-corrected chi connectivity index (χ3v) is 16.8. The second-order valence-electron chi connectivity index (χ2n) is 23.8. The summed E-state index contributed by atoms with van der Waals surface area (Å²) in [7, 11) is 0. The Labute approximate surface area is 545 Å². The first kappa shape index (κ1) is 68.8. The lowest BCUT2D eigenvalue weighted by atomic mass is 9.99. The molecule has 8 heterocycles. The fourth-order valence-corrected chi connectivity index (χ4v) is 12.1. The Morgan fingerprint density at radius 1 is 0.315 bits per heavy atom. The van der Waals surface area contributed by atoms with E-state index in [2.05, 4.69) is 180 Å². The highest BCUT2D eigenvalue weighted by molar-refractivity contribution is 6.07. The summed E-state index contributed by atoms with van der Waals surface area (Å²) in [5, 5.41) is 8.27. The number of rotatable bonds is 6. The highest BCUT2D eigenvalue weighted by Gasteiger charge is 2.28. The van der Waals surface area contributed by atoms with Crippen molar-refractivity contribution in [3.05, 3.63) is 216 Å². The number of piperazine rings is 2. The van der Waals surface area contributed by atoms with Gasteiger partial charge in [-0.05, 0) is 184 Å². The van der Waals surface area contributed by atoms with Gasteiger partial charge in [0, 0.05) is 168 Å². The lowest BCUT2D eigenvalue weighted by molar-refractivity contribution is 0.128. The zero-order valence-electron chi connectivity index (χ0n) is 57.4. The molecule has 0 bridgehead atoms. The highest BCUT2D eigenvalue weighted by atomic mass is 16.1. The molecule has 0 radical (unpaired) electrons. The van der Waals surface area contributed by atoms with Crippen molar-refractivity contribution in [3.8, 4) is 33.6 Å². The minimum atomic E-state index is -0.0567. The number of anilines is 2. The van der Waals surface area contributed by atoms with Crippen molar-refractivity contribution in [2.75, 3.05) is 62.2 Å². The van der Waals surface area contributed by atoms with Crippen LogP contribution in [0, 0.1) is 0 Å². The van der Waals surface area contributed by atoms with E-state index in [1.54, 1.807) is 12.1 Å². The summed E-state index contributed by atoms with van der Waals surface area (Å²) in [5.74, 6) is 0. The Morgan fingerprint density at radius 3 is 0.978 bits per heavy atom. The van der Waals surface area contributed by atoms with Gasteiger partial charge in [0.25, 0.3) is 11.1 Å². The van der Waals surface area contributed by atoms with Crippen LogP contribution in [-0.2, 0) is 0 Å². The average Bonchev–Trinajstić information content (AvgIpc) is 0.858. The molecule has 2 saturated heterocycles. The Hall–Kier alpha value is -9.10. The van der Waals surface area contributed by atoms with Crippen molar-refractivity contribution in [2.45, 2.75) is 122 Å². The fraction of sp³-hybridized carbons (Fsp3) is 0.325. The van der Waals surface area contributed by atoms with Crippen LogP contribution in [0.1, 0.15) is 111 Å². The first-order chi connectivity index (χ1) is 44.7. The van der Waals surface area contributed by atoms with E-state index in [-0.39, 0.29) is 22.2 Å². The van der Waals surface area contributed by atoms with Gasteiger partial charge in [0.1, 0.15) is 0 Å². The van der Waals surface area contributed by atoms with Crippen molar-refractivity contribution < 1.29 is 0 Å².